The molecule has 4 N–H and O–H groups in total. The Morgan fingerprint density at radius 1 is 1.19 bits per heavy atom. The average Bonchev–Trinajstić information content (AvgIpc) is 3.15. The average molecular weight is 423 g/mol. The first-order valence-corrected chi connectivity index (χ1v) is 9.73. The summed E-state index contributed by atoms with van der Waals surface area (Å²) in [4.78, 5) is 16.7. The molecule has 1 aromatic heterocycles. The second kappa shape index (κ2) is 8.49. The Labute approximate surface area is 178 Å². The Balaban J connectivity index is 1.79. The topological polar surface area (TPSA) is 109 Å². The summed E-state index contributed by atoms with van der Waals surface area (Å²) < 4.78 is 26.6. The highest BCUT2D eigenvalue weighted by Crippen LogP contribution is 2.34. The van der Waals surface area contributed by atoms with Gasteiger partial charge in [0, 0.05) is 12.5 Å². The normalized spacial score (nSPS) is 14.4. The maximum atomic E-state index is 14.1. The zero-order valence-electron chi connectivity index (χ0n) is 16.9. The number of esters is 1. The molecule has 0 unspecified atom stereocenters. The molecule has 0 amide bonds. The van der Waals surface area contributed by atoms with Crippen molar-refractivity contribution in [3.63, 3.8) is 0 Å². The van der Waals surface area contributed by atoms with E-state index in [-0.39, 0.29) is 25.3 Å². The Morgan fingerprint density at radius 2 is 1.97 bits per heavy atom. The van der Waals surface area contributed by atoms with Gasteiger partial charge in [0.2, 0.25) is 0 Å². The Morgan fingerprint density at radius 3 is 2.71 bits per heavy atom. The molecule has 0 radical (unpaired) electrons. The minimum Gasteiger partial charge on any atom is -0.487 e. The zero-order chi connectivity index (χ0) is 22.0. The number of aromatic nitrogens is 2. The number of carbonyl (C=O) groups is 1. The predicted molar refractivity (Wildman–Crippen MR) is 113 cm³/mol. The maximum Gasteiger partial charge on any atom is 0.358 e. The van der Waals surface area contributed by atoms with Gasteiger partial charge in [-0.15, -0.1) is 0 Å². The van der Waals surface area contributed by atoms with Crippen molar-refractivity contribution in [2.75, 3.05) is 18.2 Å². The van der Waals surface area contributed by atoms with Crippen molar-refractivity contribution < 1.29 is 18.7 Å². The van der Waals surface area contributed by atoms with Crippen LogP contribution < -0.4 is 21.3 Å². The molecule has 0 saturated heterocycles. The molecule has 160 valence electrons. The molecule has 0 bridgehead atoms. The van der Waals surface area contributed by atoms with Gasteiger partial charge in [0.25, 0.3) is 0 Å². The Bertz CT molecular complexity index is 1140. The molecule has 0 fully saturated rings. The smallest absolute Gasteiger partial charge is 0.358 e. The second-order valence-electron chi connectivity index (χ2n) is 6.88. The lowest BCUT2D eigenvalue weighted by atomic mass is 10.1. The van der Waals surface area contributed by atoms with E-state index >= 15 is 0 Å². The van der Waals surface area contributed by atoms with E-state index in [1.54, 1.807) is 17.6 Å². The summed E-state index contributed by atoms with van der Waals surface area (Å²) in [6.07, 6.45) is 1.66. The number of hydrazine groups is 1. The van der Waals surface area contributed by atoms with Crippen molar-refractivity contribution in [2.45, 2.75) is 13.3 Å². The number of hydrogen-bond acceptors (Lipinski definition) is 7. The van der Waals surface area contributed by atoms with Crippen molar-refractivity contribution >= 4 is 11.7 Å². The number of hydrogen-bond donors (Lipinski definition) is 2. The number of nitrogens with two attached hydrogens (primary N) is 2. The molecule has 1 aliphatic heterocycles. The number of carbonyl (C=O) groups excluding carboxylic acids is 1. The van der Waals surface area contributed by atoms with Crippen LogP contribution in [-0.4, -0.2) is 28.7 Å². The van der Waals surface area contributed by atoms with Crippen LogP contribution in [0.5, 0.6) is 5.75 Å². The third kappa shape index (κ3) is 3.95. The van der Waals surface area contributed by atoms with Crippen LogP contribution in [0.25, 0.3) is 5.69 Å². The molecule has 9 heteroatoms. The van der Waals surface area contributed by atoms with E-state index in [1.807, 2.05) is 30.3 Å². The minimum atomic E-state index is -0.552. The summed E-state index contributed by atoms with van der Waals surface area (Å²) in [5.41, 5.74) is 8.80. The summed E-state index contributed by atoms with van der Waals surface area (Å²) in [5.74, 6) is 6.01. The van der Waals surface area contributed by atoms with Gasteiger partial charge in [-0.25, -0.2) is 20.0 Å². The molecule has 31 heavy (non-hydrogen) atoms. The van der Waals surface area contributed by atoms with E-state index < -0.39 is 11.8 Å². The summed E-state index contributed by atoms with van der Waals surface area (Å²) in [5, 5.41) is 1.32. The van der Waals surface area contributed by atoms with Crippen LogP contribution in [0.4, 0.5) is 10.1 Å². The molecular formula is C22H22FN5O3. The van der Waals surface area contributed by atoms with Crippen LogP contribution >= 0.6 is 0 Å². The SMILES string of the molecule is CCOC(=O)c1ncn2c1C/C(=C(/N)COc1ccccc1)N(N)c1cc(F)ccc1-2. The monoisotopic (exact) mass is 423 g/mol. The molecule has 0 spiro atoms. The van der Waals surface area contributed by atoms with Crippen molar-refractivity contribution in [2.24, 2.45) is 11.6 Å². The standard InChI is InChI=1S/C22H22FN5O3/c1-2-30-22(29)21-20-11-18(16(24)12-31-15-6-4-3-5-7-15)28(25)19-10-14(23)8-9-17(19)27(20)13-26-21/h3-10,13H,2,11-12,24-25H2,1H3/b18-16-. The van der Waals surface area contributed by atoms with E-state index in [9.17, 15) is 9.18 Å². The fraction of sp³-hybridized carbons (Fsp3) is 0.182. The van der Waals surface area contributed by atoms with E-state index in [2.05, 4.69) is 4.98 Å². The molecule has 0 atom stereocenters. The lowest BCUT2D eigenvalue weighted by Crippen LogP contribution is -2.34. The molecular weight excluding hydrogens is 401 g/mol. The van der Waals surface area contributed by atoms with Crippen molar-refractivity contribution in [3.8, 4) is 11.4 Å². The van der Waals surface area contributed by atoms with Gasteiger partial charge < -0.3 is 15.2 Å². The number of benzene rings is 2. The third-order valence-electron chi connectivity index (χ3n) is 4.93. The molecule has 1 aliphatic rings. The van der Waals surface area contributed by atoms with Crippen molar-refractivity contribution in [1.29, 1.82) is 0 Å². The van der Waals surface area contributed by atoms with Crippen molar-refractivity contribution in [3.05, 3.63) is 83.5 Å². The quantitative estimate of drug-likeness (QED) is 0.480. The fourth-order valence-electron chi connectivity index (χ4n) is 3.43. The number of nitrogens with zero attached hydrogens (tertiary/aromatic N) is 3. The molecule has 3 aromatic rings. The highest BCUT2D eigenvalue weighted by molar-refractivity contribution is 5.89. The van der Waals surface area contributed by atoms with E-state index in [1.165, 1.54) is 23.5 Å². The number of rotatable bonds is 5. The first kappa shape index (κ1) is 20.4. The number of halogens is 1. The Kier molecular flexibility index (Phi) is 5.59. The van der Waals surface area contributed by atoms with E-state index in [0.29, 0.717) is 34.2 Å². The number of para-hydroxylation sites is 1. The Hall–Kier alpha value is -3.85. The number of anilines is 1. The van der Waals surface area contributed by atoms with Gasteiger partial charge in [0.15, 0.2) is 5.69 Å². The van der Waals surface area contributed by atoms with Gasteiger partial charge in [-0.05, 0) is 31.2 Å². The van der Waals surface area contributed by atoms with E-state index in [4.69, 9.17) is 21.1 Å². The zero-order valence-corrected chi connectivity index (χ0v) is 16.9. The van der Waals surface area contributed by atoms with Gasteiger partial charge in [-0.3, -0.25) is 9.58 Å². The summed E-state index contributed by atoms with van der Waals surface area (Å²) >= 11 is 0. The second-order valence-corrected chi connectivity index (χ2v) is 6.88. The lowest BCUT2D eigenvalue weighted by Gasteiger charge is -2.23. The molecule has 2 aromatic carbocycles. The molecule has 0 saturated carbocycles. The highest BCUT2D eigenvalue weighted by atomic mass is 19.1. The highest BCUT2D eigenvalue weighted by Gasteiger charge is 2.29. The predicted octanol–water partition coefficient (Wildman–Crippen LogP) is 2.67. The van der Waals surface area contributed by atoms with Gasteiger partial charge >= 0.3 is 5.97 Å². The van der Waals surface area contributed by atoms with Crippen LogP contribution in [0, 0.1) is 5.82 Å². The number of ether oxygens (including phenoxy) is 2. The molecule has 0 aliphatic carbocycles. The summed E-state index contributed by atoms with van der Waals surface area (Å²) in [7, 11) is 0. The van der Waals surface area contributed by atoms with Crippen LogP contribution in [0.3, 0.4) is 0 Å². The largest absolute Gasteiger partial charge is 0.487 e. The van der Waals surface area contributed by atoms with Gasteiger partial charge in [-0.2, -0.15) is 0 Å². The summed E-state index contributed by atoms with van der Waals surface area (Å²) in [6.45, 7) is 1.99. The first-order chi connectivity index (χ1) is 15.0. The number of imidazole rings is 1. The lowest BCUT2D eigenvalue weighted by molar-refractivity contribution is 0.0519. The van der Waals surface area contributed by atoms with Crippen LogP contribution in [-0.2, 0) is 11.2 Å². The first-order valence-electron chi connectivity index (χ1n) is 9.73. The minimum absolute atomic E-state index is 0.0561. The van der Waals surface area contributed by atoms with Gasteiger partial charge in [0.1, 0.15) is 24.5 Å². The molecule has 8 nitrogen and oxygen atoms in total. The van der Waals surface area contributed by atoms with Crippen LogP contribution in [0.15, 0.2) is 66.3 Å². The molecule has 2 heterocycles. The van der Waals surface area contributed by atoms with Crippen LogP contribution in [0.2, 0.25) is 0 Å². The van der Waals surface area contributed by atoms with Crippen LogP contribution in [0.1, 0.15) is 23.1 Å². The number of fused-ring (bicyclic) bond motifs is 3. The van der Waals surface area contributed by atoms with E-state index in [0.717, 1.165) is 0 Å². The fourth-order valence-corrected chi connectivity index (χ4v) is 3.43. The third-order valence-corrected chi connectivity index (χ3v) is 4.93. The summed E-state index contributed by atoms with van der Waals surface area (Å²) in [6, 6.07) is 13.4. The van der Waals surface area contributed by atoms with Gasteiger partial charge in [-0.1, -0.05) is 18.2 Å². The van der Waals surface area contributed by atoms with Gasteiger partial charge in [0.05, 0.1) is 35.1 Å². The number of allylic oxidation sites excluding steroid dienone is 1. The molecule has 4 rings (SSSR count). The maximum absolute atomic E-state index is 14.1. The van der Waals surface area contributed by atoms with Crippen molar-refractivity contribution in [1.82, 2.24) is 9.55 Å².